The quantitative estimate of drug-likeness (QED) is 0.703. The van der Waals surface area contributed by atoms with Crippen molar-refractivity contribution in [1.82, 2.24) is 14.7 Å². The molecule has 0 spiro atoms. The Morgan fingerprint density at radius 2 is 2.15 bits per heavy atom. The Kier molecular flexibility index (Phi) is 7.60. The third kappa shape index (κ3) is 4.48. The molecular formula is C14H23ClN4O. The topological polar surface area (TPSA) is 54.1 Å². The Morgan fingerprint density at radius 1 is 1.40 bits per heavy atom. The second kappa shape index (κ2) is 8.96. The van der Waals surface area contributed by atoms with Gasteiger partial charge in [0.15, 0.2) is 0 Å². The normalized spacial score (nSPS) is 11.0. The van der Waals surface area contributed by atoms with Crippen LogP contribution in [0.2, 0.25) is 5.02 Å². The second-order valence-corrected chi connectivity index (χ2v) is 4.93. The molecule has 0 atom stereocenters. The van der Waals surface area contributed by atoms with Crippen LogP contribution in [0.15, 0.2) is 0 Å². The molecule has 0 N–H and O–H groups in total. The van der Waals surface area contributed by atoms with Crippen LogP contribution in [0.5, 0.6) is 0 Å². The Morgan fingerprint density at radius 3 is 2.70 bits per heavy atom. The zero-order valence-corrected chi connectivity index (χ0v) is 13.3. The summed E-state index contributed by atoms with van der Waals surface area (Å²) in [5, 5.41) is 14.0. The molecule has 6 heteroatoms. The number of hydrogen-bond acceptors (Lipinski definition) is 4. The van der Waals surface area contributed by atoms with Gasteiger partial charge in [-0.05, 0) is 13.3 Å². The van der Waals surface area contributed by atoms with Gasteiger partial charge in [-0.1, -0.05) is 18.5 Å². The fraction of sp³-hybridized carbons (Fsp3) is 0.714. The van der Waals surface area contributed by atoms with Crippen molar-refractivity contribution in [3.05, 3.63) is 16.4 Å². The van der Waals surface area contributed by atoms with Crippen LogP contribution in [0.3, 0.4) is 0 Å². The van der Waals surface area contributed by atoms with Crippen molar-refractivity contribution in [1.29, 1.82) is 5.26 Å². The van der Waals surface area contributed by atoms with Crippen molar-refractivity contribution in [2.24, 2.45) is 0 Å². The van der Waals surface area contributed by atoms with Crippen LogP contribution in [0.25, 0.3) is 0 Å². The summed E-state index contributed by atoms with van der Waals surface area (Å²) in [5.41, 5.74) is 1.97. The van der Waals surface area contributed by atoms with E-state index < -0.39 is 0 Å². The zero-order valence-electron chi connectivity index (χ0n) is 12.5. The van der Waals surface area contributed by atoms with Gasteiger partial charge in [-0.25, -0.2) is 0 Å². The summed E-state index contributed by atoms with van der Waals surface area (Å²) in [6.45, 7) is 7.74. The highest BCUT2D eigenvalue weighted by molar-refractivity contribution is 6.31. The molecule has 1 aromatic rings. The molecule has 5 nitrogen and oxygen atoms in total. The first-order chi connectivity index (χ1) is 9.67. The highest BCUT2D eigenvalue weighted by Crippen LogP contribution is 2.23. The van der Waals surface area contributed by atoms with Gasteiger partial charge < -0.3 is 4.74 Å². The van der Waals surface area contributed by atoms with Crippen molar-refractivity contribution in [3.8, 4) is 6.07 Å². The third-order valence-electron chi connectivity index (χ3n) is 3.22. The lowest BCUT2D eigenvalue weighted by Crippen LogP contribution is -2.29. The number of methoxy groups -OCH3 is 1. The van der Waals surface area contributed by atoms with Gasteiger partial charge >= 0.3 is 0 Å². The number of ether oxygens (including phenoxy) is 1. The highest BCUT2D eigenvalue weighted by Gasteiger charge is 2.17. The Bertz CT molecular complexity index is 453. The van der Waals surface area contributed by atoms with Crippen molar-refractivity contribution in [2.75, 3.05) is 26.8 Å². The molecule has 0 aliphatic heterocycles. The monoisotopic (exact) mass is 298 g/mol. The maximum absolute atomic E-state index is 8.75. The number of aromatic nitrogens is 2. The first-order valence-electron chi connectivity index (χ1n) is 7.00. The SMILES string of the molecule is CCc1nn(CC)c(CN(CCC#N)CCOC)c1Cl. The molecule has 0 aliphatic rings. The number of hydrogen-bond donors (Lipinski definition) is 0. The Labute approximate surface area is 126 Å². The number of aryl methyl sites for hydroxylation is 2. The van der Waals surface area contributed by atoms with Crippen LogP contribution in [-0.4, -0.2) is 41.5 Å². The van der Waals surface area contributed by atoms with Crippen molar-refractivity contribution < 1.29 is 4.74 Å². The number of nitrogens with zero attached hydrogens (tertiary/aromatic N) is 4. The Hall–Kier alpha value is -1.09. The van der Waals surface area contributed by atoms with Gasteiger partial charge in [0.2, 0.25) is 0 Å². The van der Waals surface area contributed by atoms with E-state index in [9.17, 15) is 0 Å². The molecule has 112 valence electrons. The summed E-state index contributed by atoms with van der Waals surface area (Å²) in [6.07, 6.45) is 1.33. The van der Waals surface area contributed by atoms with Crippen molar-refractivity contribution >= 4 is 11.6 Å². The van der Waals surface area contributed by atoms with Gasteiger partial charge in [0.05, 0.1) is 29.1 Å². The molecule has 0 bridgehead atoms. The van der Waals surface area contributed by atoms with E-state index >= 15 is 0 Å². The van der Waals surface area contributed by atoms with E-state index in [1.807, 2.05) is 4.68 Å². The number of nitriles is 1. The van der Waals surface area contributed by atoms with Gasteiger partial charge in [-0.2, -0.15) is 10.4 Å². The molecule has 0 fully saturated rings. The molecule has 1 aromatic heterocycles. The zero-order chi connectivity index (χ0) is 15.0. The second-order valence-electron chi connectivity index (χ2n) is 4.55. The molecule has 1 rings (SSSR count). The van der Waals surface area contributed by atoms with Crippen LogP contribution in [-0.2, 0) is 24.2 Å². The summed E-state index contributed by atoms with van der Waals surface area (Å²) >= 11 is 6.41. The highest BCUT2D eigenvalue weighted by atomic mass is 35.5. The standard InChI is InChI=1S/C14H23ClN4O/c1-4-12-14(15)13(19(5-2)17-12)11-18(8-6-7-16)9-10-20-3/h4-6,8-11H2,1-3H3. The predicted octanol–water partition coefficient (Wildman–Crippen LogP) is 2.48. The van der Waals surface area contributed by atoms with Gasteiger partial charge in [0.1, 0.15) is 0 Å². The fourth-order valence-corrected chi connectivity index (χ4v) is 2.41. The lowest BCUT2D eigenvalue weighted by Gasteiger charge is -2.21. The molecule has 0 unspecified atom stereocenters. The van der Waals surface area contributed by atoms with Crippen molar-refractivity contribution in [2.45, 2.75) is 39.8 Å². The molecule has 1 heterocycles. The molecule has 0 aliphatic carbocycles. The average Bonchev–Trinajstić information content (AvgIpc) is 2.77. The molecule has 0 radical (unpaired) electrons. The molecule has 0 amide bonds. The predicted molar refractivity (Wildman–Crippen MR) is 79.7 cm³/mol. The van der Waals surface area contributed by atoms with Crippen LogP contribution < -0.4 is 0 Å². The van der Waals surface area contributed by atoms with E-state index in [1.54, 1.807) is 7.11 Å². The Balaban J connectivity index is 2.85. The van der Waals surface area contributed by atoms with E-state index in [1.165, 1.54) is 0 Å². The van der Waals surface area contributed by atoms with Gasteiger partial charge in [-0.15, -0.1) is 0 Å². The molecule has 0 saturated carbocycles. The smallest absolute Gasteiger partial charge is 0.0863 e. The summed E-state index contributed by atoms with van der Waals surface area (Å²) < 4.78 is 7.07. The maximum atomic E-state index is 8.75. The van der Waals surface area contributed by atoms with Gasteiger partial charge in [0, 0.05) is 39.7 Å². The van der Waals surface area contributed by atoms with E-state index in [-0.39, 0.29) is 0 Å². The molecular weight excluding hydrogens is 276 g/mol. The summed E-state index contributed by atoms with van der Waals surface area (Å²) in [7, 11) is 1.68. The van der Waals surface area contributed by atoms with Crippen LogP contribution in [0.1, 0.15) is 31.7 Å². The van der Waals surface area contributed by atoms with Crippen LogP contribution >= 0.6 is 11.6 Å². The van der Waals surface area contributed by atoms with Crippen LogP contribution in [0, 0.1) is 11.3 Å². The van der Waals surface area contributed by atoms with Crippen LogP contribution in [0.4, 0.5) is 0 Å². The average molecular weight is 299 g/mol. The van der Waals surface area contributed by atoms with E-state index in [0.29, 0.717) is 26.1 Å². The third-order valence-corrected chi connectivity index (χ3v) is 3.66. The van der Waals surface area contributed by atoms with E-state index in [2.05, 4.69) is 29.9 Å². The fourth-order valence-electron chi connectivity index (χ4n) is 2.08. The minimum Gasteiger partial charge on any atom is -0.383 e. The summed E-state index contributed by atoms with van der Waals surface area (Å²) in [6, 6.07) is 2.18. The maximum Gasteiger partial charge on any atom is 0.0863 e. The minimum atomic E-state index is 0.502. The van der Waals surface area contributed by atoms with E-state index in [4.69, 9.17) is 21.6 Å². The molecule has 0 saturated heterocycles. The van der Waals surface area contributed by atoms with Crippen molar-refractivity contribution in [3.63, 3.8) is 0 Å². The van der Waals surface area contributed by atoms with Gasteiger partial charge in [0.25, 0.3) is 0 Å². The first-order valence-corrected chi connectivity index (χ1v) is 7.37. The van der Waals surface area contributed by atoms with E-state index in [0.717, 1.165) is 35.9 Å². The first kappa shape index (κ1) is 17.0. The lowest BCUT2D eigenvalue weighted by molar-refractivity contribution is 0.143. The minimum absolute atomic E-state index is 0.502. The largest absolute Gasteiger partial charge is 0.383 e. The molecule has 20 heavy (non-hydrogen) atoms. The lowest BCUT2D eigenvalue weighted by atomic mass is 10.2. The summed E-state index contributed by atoms with van der Waals surface area (Å²) in [4.78, 5) is 2.18. The summed E-state index contributed by atoms with van der Waals surface area (Å²) in [5.74, 6) is 0. The molecule has 0 aromatic carbocycles. The van der Waals surface area contributed by atoms with Gasteiger partial charge in [-0.3, -0.25) is 9.58 Å². The number of rotatable bonds is 9. The number of halogens is 1.